The molecular weight excluding hydrogens is 136 g/mol. The van der Waals surface area contributed by atoms with Crippen LogP contribution in [0.2, 0.25) is 0 Å². The summed E-state index contributed by atoms with van der Waals surface area (Å²) in [6.07, 6.45) is 8.66. The molecule has 0 fully saturated rings. The zero-order valence-electron chi connectivity index (χ0n) is 6.76. The van der Waals surface area contributed by atoms with Crippen molar-refractivity contribution in [1.29, 1.82) is 0 Å². The third-order valence-corrected chi connectivity index (χ3v) is 2.08. The number of hydrogen-bond donors (Lipinski definition) is 0. The SMILES string of the molecule is CC1=CC2=C(C=CC1)OCC2. The highest BCUT2D eigenvalue weighted by molar-refractivity contribution is 5.37. The van der Waals surface area contributed by atoms with Gasteiger partial charge < -0.3 is 4.74 Å². The van der Waals surface area contributed by atoms with Gasteiger partial charge in [0.1, 0.15) is 5.76 Å². The molecule has 2 rings (SSSR count). The number of allylic oxidation sites excluding steroid dienone is 4. The average Bonchev–Trinajstić information content (AvgIpc) is 2.31. The van der Waals surface area contributed by atoms with Crippen LogP contribution in [0, 0.1) is 0 Å². The van der Waals surface area contributed by atoms with Crippen LogP contribution in [0.1, 0.15) is 19.8 Å². The van der Waals surface area contributed by atoms with Crippen molar-refractivity contribution in [3.05, 3.63) is 35.1 Å². The largest absolute Gasteiger partial charge is 0.493 e. The van der Waals surface area contributed by atoms with E-state index in [1.165, 1.54) is 11.1 Å². The summed E-state index contributed by atoms with van der Waals surface area (Å²) in [7, 11) is 0. The molecule has 0 atom stereocenters. The van der Waals surface area contributed by atoms with Gasteiger partial charge in [0.25, 0.3) is 0 Å². The zero-order valence-corrected chi connectivity index (χ0v) is 6.76. The summed E-state index contributed by atoms with van der Waals surface area (Å²) in [5, 5.41) is 0. The van der Waals surface area contributed by atoms with Crippen LogP contribution in [0.15, 0.2) is 35.1 Å². The van der Waals surface area contributed by atoms with Gasteiger partial charge in [-0.3, -0.25) is 0 Å². The van der Waals surface area contributed by atoms with Gasteiger partial charge in [-0.05, 0) is 25.0 Å². The Kier molecular flexibility index (Phi) is 1.57. The van der Waals surface area contributed by atoms with Gasteiger partial charge in [-0.2, -0.15) is 0 Å². The smallest absolute Gasteiger partial charge is 0.122 e. The molecule has 1 aliphatic heterocycles. The number of ether oxygens (including phenoxy) is 1. The second-order valence-electron chi connectivity index (χ2n) is 3.09. The summed E-state index contributed by atoms with van der Waals surface area (Å²) in [5.74, 6) is 1.09. The molecule has 0 N–H and O–H groups in total. The summed E-state index contributed by atoms with van der Waals surface area (Å²) in [4.78, 5) is 0. The van der Waals surface area contributed by atoms with Crippen molar-refractivity contribution in [2.75, 3.05) is 6.61 Å². The standard InChI is InChI=1S/C10H12O/c1-8-3-2-4-10-9(7-8)5-6-11-10/h2,4,7H,3,5-6H2,1H3. The van der Waals surface area contributed by atoms with E-state index in [2.05, 4.69) is 25.2 Å². The molecule has 1 heteroatoms. The Morgan fingerprint density at radius 2 is 2.36 bits per heavy atom. The van der Waals surface area contributed by atoms with E-state index in [1.807, 2.05) is 0 Å². The molecule has 0 spiro atoms. The van der Waals surface area contributed by atoms with Crippen molar-refractivity contribution in [2.24, 2.45) is 0 Å². The summed E-state index contributed by atoms with van der Waals surface area (Å²) >= 11 is 0. The van der Waals surface area contributed by atoms with Gasteiger partial charge in [0.05, 0.1) is 6.61 Å². The summed E-state index contributed by atoms with van der Waals surface area (Å²) in [6.45, 7) is 3.03. The Balaban J connectivity index is 2.36. The quantitative estimate of drug-likeness (QED) is 0.513. The van der Waals surface area contributed by atoms with Gasteiger partial charge in [-0.1, -0.05) is 17.7 Å². The number of hydrogen-bond acceptors (Lipinski definition) is 1. The van der Waals surface area contributed by atoms with E-state index in [-0.39, 0.29) is 0 Å². The van der Waals surface area contributed by atoms with Gasteiger partial charge in [0.15, 0.2) is 0 Å². The van der Waals surface area contributed by atoms with Crippen LogP contribution >= 0.6 is 0 Å². The lowest BCUT2D eigenvalue weighted by Gasteiger charge is -1.94. The van der Waals surface area contributed by atoms with Gasteiger partial charge in [-0.25, -0.2) is 0 Å². The first-order valence-electron chi connectivity index (χ1n) is 4.06. The highest BCUT2D eigenvalue weighted by Gasteiger charge is 2.12. The molecule has 0 unspecified atom stereocenters. The molecule has 0 saturated heterocycles. The Bertz CT molecular complexity index is 256. The highest BCUT2D eigenvalue weighted by Crippen LogP contribution is 2.25. The lowest BCUT2D eigenvalue weighted by Crippen LogP contribution is -1.79. The fourth-order valence-corrected chi connectivity index (χ4v) is 1.49. The van der Waals surface area contributed by atoms with Crippen LogP contribution in [-0.4, -0.2) is 6.61 Å². The predicted molar refractivity (Wildman–Crippen MR) is 45.1 cm³/mol. The molecule has 0 aromatic heterocycles. The van der Waals surface area contributed by atoms with E-state index in [4.69, 9.17) is 4.74 Å². The van der Waals surface area contributed by atoms with Crippen LogP contribution in [0.3, 0.4) is 0 Å². The second kappa shape index (κ2) is 2.57. The minimum absolute atomic E-state index is 0.860. The van der Waals surface area contributed by atoms with E-state index in [0.717, 1.165) is 25.2 Å². The van der Waals surface area contributed by atoms with Crippen molar-refractivity contribution >= 4 is 0 Å². The first kappa shape index (κ1) is 6.71. The van der Waals surface area contributed by atoms with Gasteiger partial charge in [-0.15, -0.1) is 0 Å². The van der Waals surface area contributed by atoms with Crippen LogP contribution in [0.5, 0.6) is 0 Å². The molecule has 0 radical (unpaired) electrons. The van der Waals surface area contributed by atoms with Crippen LogP contribution in [0.4, 0.5) is 0 Å². The average molecular weight is 148 g/mol. The van der Waals surface area contributed by atoms with E-state index < -0.39 is 0 Å². The minimum atomic E-state index is 0.860. The normalized spacial score (nSPS) is 22.5. The monoisotopic (exact) mass is 148 g/mol. The minimum Gasteiger partial charge on any atom is -0.493 e. The van der Waals surface area contributed by atoms with Crippen molar-refractivity contribution < 1.29 is 4.74 Å². The maximum absolute atomic E-state index is 5.43. The van der Waals surface area contributed by atoms with Crippen molar-refractivity contribution in [2.45, 2.75) is 19.8 Å². The molecule has 1 heterocycles. The topological polar surface area (TPSA) is 9.23 Å². The molecule has 11 heavy (non-hydrogen) atoms. The van der Waals surface area contributed by atoms with E-state index in [0.29, 0.717) is 0 Å². The summed E-state index contributed by atoms with van der Waals surface area (Å²) in [6, 6.07) is 0. The molecule has 0 aromatic rings. The Labute approximate surface area is 67.1 Å². The maximum atomic E-state index is 5.43. The molecule has 2 aliphatic rings. The van der Waals surface area contributed by atoms with Crippen molar-refractivity contribution in [3.63, 3.8) is 0 Å². The van der Waals surface area contributed by atoms with Gasteiger partial charge >= 0.3 is 0 Å². The summed E-state index contributed by atoms with van der Waals surface area (Å²) < 4.78 is 5.43. The maximum Gasteiger partial charge on any atom is 0.122 e. The Morgan fingerprint density at radius 1 is 1.45 bits per heavy atom. The first-order valence-corrected chi connectivity index (χ1v) is 4.06. The molecule has 0 saturated carbocycles. The lowest BCUT2D eigenvalue weighted by atomic mass is 10.1. The zero-order chi connectivity index (χ0) is 7.68. The molecular formula is C10H12O. The fraction of sp³-hybridized carbons (Fsp3) is 0.400. The van der Waals surface area contributed by atoms with Crippen LogP contribution < -0.4 is 0 Å². The predicted octanol–water partition coefficient (Wildman–Crippen LogP) is 2.57. The van der Waals surface area contributed by atoms with Crippen LogP contribution in [0.25, 0.3) is 0 Å². The molecule has 0 bridgehead atoms. The number of rotatable bonds is 0. The van der Waals surface area contributed by atoms with Gasteiger partial charge in [0.2, 0.25) is 0 Å². The Morgan fingerprint density at radius 3 is 3.27 bits per heavy atom. The van der Waals surface area contributed by atoms with Gasteiger partial charge in [0, 0.05) is 6.42 Å². The van der Waals surface area contributed by atoms with E-state index in [9.17, 15) is 0 Å². The Hall–Kier alpha value is -0.980. The van der Waals surface area contributed by atoms with E-state index >= 15 is 0 Å². The van der Waals surface area contributed by atoms with Crippen LogP contribution in [-0.2, 0) is 4.74 Å². The fourth-order valence-electron chi connectivity index (χ4n) is 1.49. The van der Waals surface area contributed by atoms with Crippen molar-refractivity contribution in [3.8, 4) is 0 Å². The lowest BCUT2D eigenvalue weighted by molar-refractivity contribution is 0.257. The molecule has 0 amide bonds. The molecule has 1 aliphatic carbocycles. The first-order chi connectivity index (χ1) is 5.36. The highest BCUT2D eigenvalue weighted by atomic mass is 16.5. The summed E-state index contributed by atoms with van der Waals surface area (Å²) in [5.41, 5.74) is 2.80. The van der Waals surface area contributed by atoms with Crippen molar-refractivity contribution in [1.82, 2.24) is 0 Å². The molecule has 0 aromatic carbocycles. The third-order valence-electron chi connectivity index (χ3n) is 2.08. The molecule has 58 valence electrons. The third kappa shape index (κ3) is 1.23. The molecule has 1 nitrogen and oxygen atoms in total. The van der Waals surface area contributed by atoms with E-state index in [1.54, 1.807) is 0 Å². The second-order valence-corrected chi connectivity index (χ2v) is 3.09.